The van der Waals surface area contributed by atoms with Crippen molar-refractivity contribution in [2.24, 2.45) is 5.73 Å². The summed E-state index contributed by atoms with van der Waals surface area (Å²) in [4.78, 5) is 0.557. The molecule has 3 N–H and O–H groups in total. The van der Waals surface area contributed by atoms with Gasteiger partial charge in [-0.15, -0.1) is 0 Å². The molecule has 2 nitrogen and oxygen atoms in total. The Morgan fingerprint density at radius 3 is 2.40 bits per heavy atom. The van der Waals surface area contributed by atoms with Gasteiger partial charge >= 0.3 is 0 Å². The van der Waals surface area contributed by atoms with Crippen LogP contribution in [0.4, 0.5) is 5.69 Å². The Kier molecular flexibility index (Phi) is 4.56. The van der Waals surface area contributed by atoms with Crippen LogP contribution in [0.15, 0.2) is 24.3 Å². The van der Waals surface area contributed by atoms with Gasteiger partial charge in [-0.25, -0.2) is 0 Å². The van der Waals surface area contributed by atoms with Gasteiger partial charge in [0, 0.05) is 18.7 Å². The molecule has 1 aromatic carbocycles. The normalized spacial score (nSPS) is 10.3. The van der Waals surface area contributed by atoms with Crippen molar-refractivity contribution >= 4 is 22.9 Å². The second-order valence-corrected chi connectivity index (χ2v) is 4.44. The van der Waals surface area contributed by atoms with Crippen molar-refractivity contribution < 1.29 is 0 Å². The van der Waals surface area contributed by atoms with Crippen molar-refractivity contribution in [1.29, 1.82) is 0 Å². The summed E-state index contributed by atoms with van der Waals surface area (Å²) in [6.07, 6.45) is 0.737. The van der Waals surface area contributed by atoms with Crippen LogP contribution in [0.25, 0.3) is 0 Å². The number of benzene rings is 1. The van der Waals surface area contributed by atoms with Gasteiger partial charge in [0.2, 0.25) is 0 Å². The molecule has 0 radical (unpaired) electrons. The van der Waals surface area contributed by atoms with E-state index in [4.69, 9.17) is 18.0 Å². The van der Waals surface area contributed by atoms with Crippen LogP contribution in [0, 0.1) is 0 Å². The Morgan fingerprint density at radius 1 is 1.33 bits per heavy atom. The molecule has 0 saturated heterocycles. The average molecular weight is 222 g/mol. The number of nitrogens with two attached hydrogens (primary N) is 1. The first-order valence-corrected chi connectivity index (χ1v) is 5.62. The summed E-state index contributed by atoms with van der Waals surface area (Å²) >= 11 is 4.80. The molecular formula is C12H18N2S. The molecule has 0 spiro atoms. The van der Waals surface area contributed by atoms with Crippen LogP contribution in [-0.4, -0.2) is 11.5 Å². The lowest BCUT2D eigenvalue weighted by atomic mass is 10.0. The summed E-state index contributed by atoms with van der Waals surface area (Å²) in [7, 11) is 0. The molecule has 82 valence electrons. The van der Waals surface area contributed by atoms with Gasteiger partial charge in [-0.1, -0.05) is 38.2 Å². The summed E-state index contributed by atoms with van der Waals surface area (Å²) in [6, 6.07) is 8.48. The molecule has 0 aliphatic rings. The van der Waals surface area contributed by atoms with Gasteiger partial charge < -0.3 is 11.1 Å². The highest BCUT2D eigenvalue weighted by atomic mass is 32.1. The summed E-state index contributed by atoms with van der Waals surface area (Å²) in [5.41, 5.74) is 7.89. The van der Waals surface area contributed by atoms with E-state index in [-0.39, 0.29) is 0 Å². The molecule has 0 aliphatic carbocycles. The zero-order valence-corrected chi connectivity index (χ0v) is 10.1. The van der Waals surface area contributed by atoms with Crippen molar-refractivity contribution in [3.05, 3.63) is 29.8 Å². The highest BCUT2D eigenvalue weighted by molar-refractivity contribution is 7.80. The monoisotopic (exact) mass is 222 g/mol. The predicted octanol–water partition coefficient (Wildman–Crippen LogP) is 2.90. The van der Waals surface area contributed by atoms with Crippen LogP contribution in [0.2, 0.25) is 0 Å². The van der Waals surface area contributed by atoms with Crippen LogP contribution in [0.1, 0.15) is 31.7 Å². The lowest BCUT2D eigenvalue weighted by Crippen LogP contribution is -2.13. The maximum absolute atomic E-state index is 5.41. The zero-order valence-electron chi connectivity index (χ0n) is 9.29. The van der Waals surface area contributed by atoms with Gasteiger partial charge in [0.05, 0.1) is 4.99 Å². The molecule has 3 heteroatoms. The van der Waals surface area contributed by atoms with Gasteiger partial charge in [0.25, 0.3) is 0 Å². The van der Waals surface area contributed by atoms with Crippen molar-refractivity contribution in [3.63, 3.8) is 0 Å². The maximum Gasteiger partial charge on any atom is 0.0745 e. The molecule has 0 bridgehead atoms. The maximum atomic E-state index is 5.41. The van der Waals surface area contributed by atoms with Crippen LogP contribution in [0.5, 0.6) is 0 Å². The lowest BCUT2D eigenvalue weighted by Gasteiger charge is -2.08. The minimum absolute atomic E-state index is 0.557. The fourth-order valence-electron chi connectivity index (χ4n) is 1.32. The molecule has 1 aromatic rings. The van der Waals surface area contributed by atoms with Crippen molar-refractivity contribution in [2.45, 2.75) is 26.2 Å². The number of anilines is 1. The smallest absolute Gasteiger partial charge is 0.0745 e. The average Bonchev–Trinajstić information content (AvgIpc) is 2.18. The Balaban J connectivity index is 2.46. The van der Waals surface area contributed by atoms with Gasteiger partial charge in [0.1, 0.15) is 0 Å². The molecule has 15 heavy (non-hydrogen) atoms. The second-order valence-electron chi connectivity index (χ2n) is 3.92. The van der Waals surface area contributed by atoms with Crippen molar-refractivity contribution in [3.8, 4) is 0 Å². The van der Waals surface area contributed by atoms with E-state index in [1.54, 1.807) is 0 Å². The number of hydrogen-bond donors (Lipinski definition) is 2. The summed E-state index contributed by atoms with van der Waals surface area (Å²) in [6.45, 7) is 5.18. The first-order valence-electron chi connectivity index (χ1n) is 5.21. The summed E-state index contributed by atoms with van der Waals surface area (Å²) in [5.74, 6) is 0.579. The molecule has 0 aliphatic heterocycles. The number of hydrogen-bond acceptors (Lipinski definition) is 2. The highest BCUT2D eigenvalue weighted by Gasteiger charge is 1.98. The zero-order chi connectivity index (χ0) is 11.3. The number of thiocarbonyl (C=S) groups is 1. The Bertz CT molecular complexity index is 317. The van der Waals surface area contributed by atoms with Crippen LogP contribution in [-0.2, 0) is 0 Å². The van der Waals surface area contributed by atoms with E-state index in [0.29, 0.717) is 10.9 Å². The third-order valence-corrected chi connectivity index (χ3v) is 2.48. The fourth-order valence-corrected chi connectivity index (χ4v) is 1.42. The van der Waals surface area contributed by atoms with E-state index in [9.17, 15) is 0 Å². The van der Waals surface area contributed by atoms with E-state index in [0.717, 1.165) is 18.7 Å². The first-order chi connectivity index (χ1) is 7.09. The lowest BCUT2D eigenvalue weighted by molar-refractivity contribution is 0.867. The molecule has 0 atom stereocenters. The minimum Gasteiger partial charge on any atom is -0.393 e. The van der Waals surface area contributed by atoms with E-state index in [1.165, 1.54) is 5.56 Å². The Morgan fingerprint density at radius 2 is 1.93 bits per heavy atom. The summed E-state index contributed by atoms with van der Waals surface area (Å²) in [5, 5.41) is 3.27. The molecule has 0 aromatic heterocycles. The van der Waals surface area contributed by atoms with E-state index < -0.39 is 0 Å². The topological polar surface area (TPSA) is 38.0 Å². The van der Waals surface area contributed by atoms with Gasteiger partial charge in [-0.3, -0.25) is 0 Å². The fraction of sp³-hybridized carbons (Fsp3) is 0.417. The van der Waals surface area contributed by atoms with Crippen LogP contribution in [0.3, 0.4) is 0 Å². The first kappa shape index (κ1) is 12.0. The number of rotatable bonds is 5. The quantitative estimate of drug-likeness (QED) is 0.752. The van der Waals surface area contributed by atoms with Crippen LogP contribution < -0.4 is 11.1 Å². The molecule has 0 amide bonds. The third kappa shape index (κ3) is 4.30. The SMILES string of the molecule is CC(C)c1ccc(NCCC(N)=S)cc1. The highest BCUT2D eigenvalue weighted by Crippen LogP contribution is 2.16. The van der Waals surface area contributed by atoms with Gasteiger partial charge in [0.15, 0.2) is 0 Å². The largest absolute Gasteiger partial charge is 0.393 e. The second kappa shape index (κ2) is 5.71. The third-order valence-electron chi connectivity index (χ3n) is 2.28. The molecule has 0 heterocycles. The Hall–Kier alpha value is -1.09. The van der Waals surface area contributed by atoms with Gasteiger partial charge in [-0.05, 0) is 23.6 Å². The van der Waals surface area contributed by atoms with E-state index in [2.05, 4.69) is 43.4 Å². The minimum atomic E-state index is 0.557. The Labute approximate surface area is 96.9 Å². The van der Waals surface area contributed by atoms with Crippen molar-refractivity contribution in [2.75, 3.05) is 11.9 Å². The van der Waals surface area contributed by atoms with E-state index >= 15 is 0 Å². The molecular weight excluding hydrogens is 204 g/mol. The number of nitrogens with one attached hydrogen (secondary N) is 1. The molecule has 0 saturated carbocycles. The standard InChI is InChI=1S/C12H18N2S/c1-9(2)10-3-5-11(6-4-10)14-8-7-12(13)15/h3-6,9,14H,7-8H2,1-2H3,(H2,13,15). The van der Waals surface area contributed by atoms with Gasteiger partial charge in [-0.2, -0.15) is 0 Å². The molecule has 0 unspecified atom stereocenters. The van der Waals surface area contributed by atoms with Crippen LogP contribution >= 0.6 is 12.2 Å². The van der Waals surface area contributed by atoms with Crippen molar-refractivity contribution in [1.82, 2.24) is 0 Å². The molecule has 1 rings (SSSR count). The summed E-state index contributed by atoms with van der Waals surface area (Å²) < 4.78 is 0. The molecule has 0 fully saturated rings. The predicted molar refractivity (Wildman–Crippen MR) is 70.4 cm³/mol. The van der Waals surface area contributed by atoms with E-state index in [1.807, 2.05) is 0 Å².